The highest BCUT2D eigenvalue weighted by atomic mass is 16.7. The van der Waals surface area contributed by atoms with E-state index in [1.165, 1.54) is 0 Å². The van der Waals surface area contributed by atoms with E-state index in [9.17, 15) is 4.79 Å². The molecule has 1 amide bonds. The summed E-state index contributed by atoms with van der Waals surface area (Å²) in [6.45, 7) is 4.75. The minimum Gasteiger partial charge on any atom is -0.468 e. The SMILES string of the molecule is O=C([C@@H]1CCO[C@@H]2CCN(Cc3ccco3)C[C@H]21)N1CCCO1. The minimum atomic E-state index is 0.0197. The van der Waals surface area contributed by atoms with Crippen molar-refractivity contribution in [3.8, 4) is 0 Å². The van der Waals surface area contributed by atoms with Crippen LogP contribution in [-0.4, -0.2) is 54.8 Å². The number of carbonyl (C=O) groups excluding carboxylic acids is 1. The number of nitrogens with zero attached hydrogens (tertiary/aromatic N) is 2. The molecule has 1 aromatic heterocycles. The van der Waals surface area contributed by atoms with E-state index in [0.29, 0.717) is 13.2 Å². The number of carbonyl (C=O) groups is 1. The van der Waals surface area contributed by atoms with E-state index in [2.05, 4.69) is 4.90 Å². The summed E-state index contributed by atoms with van der Waals surface area (Å²) in [5.74, 6) is 1.40. The van der Waals surface area contributed by atoms with E-state index in [0.717, 1.165) is 51.2 Å². The molecular weight excluding hydrogens is 296 g/mol. The van der Waals surface area contributed by atoms with Crippen LogP contribution in [0.1, 0.15) is 25.0 Å². The minimum absolute atomic E-state index is 0.0197. The van der Waals surface area contributed by atoms with Crippen LogP contribution in [-0.2, 0) is 20.9 Å². The quantitative estimate of drug-likeness (QED) is 0.848. The van der Waals surface area contributed by atoms with Gasteiger partial charge in [-0.3, -0.25) is 14.5 Å². The second-order valence-corrected chi connectivity index (χ2v) is 6.70. The lowest BCUT2D eigenvalue weighted by atomic mass is 9.79. The van der Waals surface area contributed by atoms with Crippen molar-refractivity contribution in [1.82, 2.24) is 9.96 Å². The Kier molecular flexibility index (Phi) is 4.37. The molecule has 4 heterocycles. The number of hydroxylamine groups is 2. The molecule has 126 valence electrons. The number of piperidine rings is 1. The third-order valence-corrected chi connectivity index (χ3v) is 5.23. The normalized spacial score (nSPS) is 32.0. The van der Waals surface area contributed by atoms with Gasteiger partial charge >= 0.3 is 0 Å². The Morgan fingerprint density at radius 3 is 3.00 bits per heavy atom. The van der Waals surface area contributed by atoms with Crippen molar-refractivity contribution in [2.75, 3.05) is 32.8 Å². The highest BCUT2D eigenvalue weighted by Crippen LogP contribution is 2.35. The number of ether oxygens (including phenoxy) is 1. The van der Waals surface area contributed by atoms with Gasteiger partial charge in [0.2, 0.25) is 5.91 Å². The molecule has 3 aliphatic heterocycles. The van der Waals surface area contributed by atoms with Gasteiger partial charge in [0.25, 0.3) is 0 Å². The fraction of sp³-hybridized carbons (Fsp3) is 0.706. The summed E-state index contributed by atoms with van der Waals surface area (Å²) >= 11 is 0. The van der Waals surface area contributed by atoms with Crippen LogP contribution in [0.2, 0.25) is 0 Å². The molecule has 0 bridgehead atoms. The fourth-order valence-corrected chi connectivity index (χ4v) is 4.06. The van der Waals surface area contributed by atoms with E-state index in [1.807, 2.05) is 12.1 Å². The zero-order valence-electron chi connectivity index (χ0n) is 13.4. The Labute approximate surface area is 136 Å². The average Bonchev–Trinajstić information content (AvgIpc) is 3.27. The summed E-state index contributed by atoms with van der Waals surface area (Å²) in [6.07, 6.45) is 4.63. The molecule has 6 heteroatoms. The standard InChI is InChI=1S/C17H24N2O4/c20-17(19-6-2-9-23-19)14-5-10-22-16-4-7-18(12-15(14)16)11-13-3-1-8-21-13/h1,3,8,14-16H,2,4-7,9-12H2/t14-,15+,16-/m1/s1. The lowest BCUT2D eigenvalue weighted by molar-refractivity contribution is -0.185. The van der Waals surface area contributed by atoms with Crippen LogP contribution < -0.4 is 0 Å². The summed E-state index contributed by atoms with van der Waals surface area (Å²) in [6, 6.07) is 3.92. The number of fused-ring (bicyclic) bond motifs is 1. The van der Waals surface area contributed by atoms with Gasteiger partial charge in [0, 0.05) is 31.5 Å². The molecule has 6 nitrogen and oxygen atoms in total. The average molecular weight is 320 g/mol. The van der Waals surface area contributed by atoms with E-state index < -0.39 is 0 Å². The molecule has 4 rings (SSSR count). The third-order valence-electron chi connectivity index (χ3n) is 5.23. The first-order valence-corrected chi connectivity index (χ1v) is 8.62. The number of hydrogen-bond acceptors (Lipinski definition) is 5. The maximum atomic E-state index is 12.8. The van der Waals surface area contributed by atoms with Crippen molar-refractivity contribution in [2.45, 2.75) is 31.9 Å². The van der Waals surface area contributed by atoms with Crippen molar-refractivity contribution < 1.29 is 18.8 Å². The molecule has 0 radical (unpaired) electrons. The predicted octanol–water partition coefficient (Wildman–Crippen LogP) is 1.67. The summed E-state index contributed by atoms with van der Waals surface area (Å²) in [5, 5.41) is 1.58. The predicted molar refractivity (Wildman–Crippen MR) is 82.2 cm³/mol. The van der Waals surface area contributed by atoms with E-state index in [-0.39, 0.29) is 23.8 Å². The number of likely N-dealkylation sites (tertiary alicyclic amines) is 1. The van der Waals surface area contributed by atoms with E-state index in [4.69, 9.17) is 14.0 Å². The first-order chi connectivity index (χ1) is 11.3. The Bertz CT molecular complexity index is 527. The van der Waals surface area contributed by atoms with Crippen molar-refractivity contribution >= 4 is 5.91 Å². The zero-order chi connectivity index (χ0) is 15.6. The van der Waals surface area contributed by atoms with Gasteiger partial charge in [-0.25, -0.2) is 5.06 Å². The molecule has 0 spiro atoms. The Balaban J connectivity index is 1.44. The van der Waals surface area contributed by atoms with Gasteiger partial charge in [0.15, 0.2) is 0 Å². The van der Waals surface area contributed by atoms with Gasteiger partial charge < -0.3 is 9.15 Å². The molecule has 0 N–H and O–H groups in total. The smallest absolute Gasteiger partial charge is 0.249 e. The molecule has 3 atom stereocenters. The lowest BCUT2D eigenvalue weighted by Gasteiger charge is -2.44. The Morgan fingerprint density at radius 1 is 1.26 bits per heavy atom. The molecule has 0 unspecified atom stereocenters. The van der Waals surface area contributed by atoms with Crippen LogP contribution in [0.4, 0.5) is 0 Å². The van der Waals surface area contributed by atoms with Gasteiger partial charge in [-0.2, -0.15) is 0 Å². The molecule has 3 saturated heterocycles. The summed E-state index contributed by atoms with van der Waals surface area (Å²) in [4.78, 5) is 20.6. The Morgan fingerprint density at radius 2 is 2.22 bits per heavy atom. The Hall–Kier alpha value is -1.37. The third kappa shape index (κ3) is 3.16. The van der Waals surface area contributed by atoms with Crippen molar-refractivity contribution in [2.24, 2.45) is 11.8 Å². The first kappa shape index (κ1) is 15.2. The van der Waals surface area contributed by atoms with Crippen LogP contribution in [0.25, 0.3) is 0 Å². The summed E-state index contributed by atoms with van der Waals surface area (Å²) in [5.41, 5.74) is 0. The monoisotopic (exact) mass is 320 g/mol. The lowest BCUT2D eigenvalue weighted by Crippen LogP contribution is -2.53. The first-order valence-electron chi connectivity index (χ1n) is 8.62. The maximum absolute atomic E-state index is 12.8. The molecule has 23 heavy (non-hydrogen) atoms. The van der Waals surface area contributed by atoms with Crippen molar-refractivity contribution in [1.29, 1.82) is 0 Å². The topological polar surface area (TPSA) is 55.2 Å². The molecule has 3 fully saturated rings. The van der Waals surface area contributed by atoms with E-state index in [1.54, 1.807) is 11.3 Å². The van der Waals surface area contributed by atoms with Gasteiger partial charge in [0.1, 0.15) is 5.76 Å². The largest absolute Gasteiger partial charge is 0.468 e. The van der Waals surface area contributed by atoms with Crippen LogP contribution in [0, 0.1) is 11.8 Å². The van der Waals surface area contributed by atoms with E-state index >= 15 is 0 Å². The summed E-state index contributed by atoms with van der Waals surface area (Å²) in [7, 11) is 0. The van der Waals surface area contributed by atoms with Crippen LogP contribution in [0.3, 0.4) is 0 Å². The maximum Gasteiger partial charge on any atom is 0.249 e. The number of hydrogen-bond donors (Lipinski definition) is 0. The molecule has 0 aliphatic carbocycles. The number of rotatable bonds is 3. The van der Waals surface area contributed by atoms with Gasteiger partial charge in [-0.1, -0.05) is 0 Å². The number of furan rings is 1. The number of amides is 1. The second kappa shape index (κ2) is 6.63. The van der Waals surface area contributed by atoms with Crippen LogP contribution >= 0.6 is 0 Å². The molecule has 0 saturated carbocycles. The van der Waals surface area contributed by atoms with Gasteiger partial charge in [0.05, 0.1) is 32.1 Å². The second-order valence-electron chi connectivity index (χ2n) is 6.70. The summed E-state index contributed by atoms with van der Waals surface area (Å²) < 4.78 is 11.4. The zero-order valence-corrected chi connectivity index (χ0v) is 13.4. The van der Waals surface area contributed by atoms with Crippen molar-refractivity contribution in [3.05, 3.63) is 24.2 Å². The highest BCUT2D eigenvalue weighted by Gasteiger charge is 2.43. The van der Waals surface area contributed by atoms with Gasteiger partial charge in [-0.05, 0) is 31.4 Å². The van der Waals surface area contributed by atoms with Crippen LogP contribution in [0.15, 0.2) is 22.8 Å². The molecule has 1 aromatic rings. The molecular formula is C17H24N2O4. The van der Waals surface area contributed by atoms with Crippen molar-refractivity contribution in [3.63, 3.8) is 0 Å². The fourth-order valence-electron chi connectivity index (χ4n) is 4.06. The molecule has 0 aromatic carbocycles. The van der Waals surface area contributed by atoms with Crippen LogP contribution in [0.5, 0.6) is 0 Å². The molecule has 3 aliphatic rings. The highest BCUT2D eigenvalue weighted by molar-refractivity contribution is 5.78. The van der Waals surface area contributed by atoms with Gasteiger partial charge in [-0.15, -0.1) is 0 Å².